The summed E-state index contributed by atoms with van der Waals surface area (Å²) in [6, 6.07) is 7.23. The third kappa shape index (κ3) is 3.48. The van der Waals surface area contributed by atoms with Crippen LogP contribution in [-0.4, -0.2) is 25.2 Å². The molecule has 0 saturated carbocycles. The number of nitro benzene ring substituents is 1. The number of carbonyl (C=O) groups excluding carboxylic acids is 1. The normalized spacial score (nSPS) is 11.1. The van der Waals surface area contributed by atoms with Crippen molar-refractivity contribution in [3.8, 4) is 0 Å². The molecule has 2 aromatic heterocycles. The number of rotatable bonds is 5. The van der Waals surface area contributed by atoms with Crippen molar-refractivity contribution in [2.45, 2.75) is 6.54 Å². The maximum atomic E-state index is 14.4. The number of fused-ring (bicyclic) bond motifs is 1. The Labute approximate surface area is 182 Å². The molecule has 0 aliphatic heterocycles. The first-order valence-electron chi connectivity index (χ1n) is 8.98. The fourth-order valence-corrected chi connectivity index (χ4v) is 3.44. The van der Waals surface area contributed by atoms with Crippen molar-refractivity contribution >= 4 is 39.8 Å². The molecule has 0 amide bonds. The molecule has 0 fully saturated rings. The van der Waals surface area contributed by atoms with Crippen molar-refractivity contribution in [1.82, 2.24) is 14.5 Å². The van der Waals surface area contributed by atoms with Gasteiger partial charge in [0, 0.05) is 18.3 Å². The van der Waals surface area contributed by atoms with Gasteiger partial charge in [0.25, 0.3) is 11.2 Å². The SMILES string of the molecule is Nc1ccc(F)c(C(=O)c2c[nH]c3nc(Cl)n(Cc4ccc([N+](=O)[O-])cc4)c(=O)c23)c1F. The maximum Gasteiger partial charge on any atom is 0.269 e. The van der Waals surface area contributed by atoms with Gasteiger partial charge >= 0.3 is 0 Å². The van der Waals surface area contributed by atoms with E-state index in [9.17, 15) is 28.5 Å². The lowest BCUT2D eigenvalue weighted by Gasteiger charge is -2.09. The number of hydrogen-bond acceptors (Lipinski definition) is 6. The third-order valence-electron chi connectivity index (χ3n) is 4.83. The summed E-state index contributed by atoms with van der Waals surface area (Å²) in [6.45, 7) is -0.113. The quantitative estimate of drug-likeness (QED) is 0.154. The van der Waals surface area contributed by atoms with E-state index in [0.29, 0.717) is 5.56 Å². The minimum absolute atomic E-state index is 0.0481. The highest BCUT2D eigenvalue weighted by molar-refractivity contribution is 6.29. The van der Waals surface area contributed by atoms with E-state index in [4.69, 9.17) is 17.3 Å². The minimum Gasteiger partial charge on any atom is -0.396 e. The summed E-state index contributed by atoms with van der Waals surface area (Å²) in [4.78, 5) is 42.9. The molecule has 0 aliphatic rings. The van der Waals surface area contributed by atoms with Gasteiger partial charge in [-0.15, -0.1) is 0 Å². The number of carbonyl (C=O) groups is 1. The number of nitro groups is 1. The monoisotopic (exact) mass is 459 g/mol. The van der Waals surface area contributed by atoms with Crippen LogP contribution in [-0.2, 0) is 6.54 Å². The molecule has 4 aromatic rings. The van der Waals surface area contributed by atoms with Gasteiger partial charge in [0.05, 0.1) is 33.7 Å². The second kappa shape index (κ2) is 7.85. The zero-order valence-corrected chi connectivity index (χ0v) is 16.7. The number of non-ortho nitro benzene ring substituents is 1. The van der Waals surface area contributed by atoms with E-state index in [1.165, 1.54) is 24.3 Å². The lowest BCUT2D eigenvalue weighted by atomic mass is 10.0. The first kappa shape index (κ1) is 21.1. The fourth-order valence-electron chi connectivity index (χ4n) is 3.22. The van der Waals surface area contributed by atoms with Crippen LogP contribution in [0.4, 0.5) is 20.2 Å². The molecule has 0 spiro atoms. The number of halogens is 3. The highest BCUT2D eigenvalue weighted by Crippen LogP contribution is 2.25. The molecule has 4 rings (SSSR count). The van der Waals surface area contributed by atoms with Crippen molar-refractivity contribution in [3.05, 3.63) is 96.7 Å². The van der Waals surface area contributed by atoms with Crippen LogP contribution < -0.4 is 11.3 Å². The Balaban J connectivity index is 1.83. The first-order chi connectivity index (χ1) is 15.2. The number of aromatic nitrogens is 3. The number of ketones is 1. The number of hydrogen-bond donors (Lipinski definition) is 2. The molecule has 0 saturated heterocycles. The van der Waals surface area contributed by atoms with Crippen LogP contribution in [0, 0.1) is 21.7 Å². The molecule has 32 heavy (non-hydrogen) atoms. The van der Waals surface area contributed by atoms with Gasteiger partial charge in [-0.2, -0.15) is 0 Å². The van der Waals surface area contributed by atoms with Gasteiger partial charge in [-0.3, -0.25) is 24.3 Å². The molecule has 3 N–H and O–H groups in total. The average Bonchev–Trinajstić information content (AvgIpc) is 3.18. The summed E-state index contributed by atoms with van der Waals surface area (Å²) in [5.41, 5.74) is 3.38. The average molecular weight is 460 g/mol. The van der Waals surface area contributed by atoms with E-state index in [-0.39, 0.29) is 34.1 Å². The number of anilines is 1. The molecular formula is C20H12ClF2N5O4. The minimum atomic E-state index is -1.24. The van der Waals surface area contributed by atoms with Crippen molar-refractivity contribution < 1.29 is 18.5 Å². The van der Waals surface area contributed by atoms with Gasteiger partial charge in [-0.25, -0.2) is 13.8 Å². The lowest BCUT2D eigenvalue weighted by molar-refractivity contribution is -0.384. The van der Waals surface area contributed by atoms with E-state index >= 15 is 0 Å². The van der Waals surface area contributed by atoms with E-state index in [1.54, 1.807) is 0 Å². The number of nitrogens with two attached hydrogens (primary N) is 1. The number of nitrogen functional groups attached to an aromatic ring is 1. The maximum absolute atomic E-state index is 14.4. The highest BCUT2D eigenvalue weighted by Gasteiger charge is 2.26. The lowest BCUT2D eigenvalue weighted by Crippen LogP contribution is -2.24. The Bertz CT molecular complexity index is 1460. The number of H-pyrrole nitrogens is 1. The zero-order chi connectivity index (χ0) is 23.2. The molecule has 0 unspecified atom stereocenters. The van der Waals surface area contributed by atoms with Gasteiger partial charge in [-0.05, 0) is 29.3 Å². The molecule has 0 atom stereocenters. The summed E-state index contributed by atoms with van der Waals surface area (Å²) in [5.74, 6) is -3.47. The smallest absolute Gasteiger partial charge is 0.269 e. The highest BCUT2D eigenvalue weighted by atomic mass is 35.5. The summed E-state index contributed by atoms with van der Waals surface area (Å²) in [6.07, 6.45) is 1.11. The number of benzene rings is 2. The van der Waals surface area contributed by atoms with Crippen molar-refractivity contribution in [3.63, 3.8) is 0 Å². The molecule has 0 aliphatic carbocycles. The zero-order valence-electron chi connectivity index (χ0n) is 15.9. The number of nitrogens with zero attached hydrogens (tertiary/aromatic N) is 3. The Morgan fingerprint density at radius 2 is 1.91 bits per heavy atom. The molecular weight excluding hydrogens is 448 g/mol. The van der Waals surface area contributed by atoms with Crippen molar-refractivity contribution in [2.75, 3.05) is 5.73 Å². The molecule has 9 nitrogen and oxygen atoms in total. The van der Waals surface area contributed by atoms with Gasteiger partial charge in [0.2, 0.25) is 11.1 Å². The summed E-state index contributed by atoms with van der Waals surface area (Å²) in [5, 5.41) is 10.4. The van der Waals surface area contributed by atoms with E-state index < -0.39 is 39.2 Å². The fraction of sp³-hybridized carbons (Fsp3) is 0.0500. The van der Waals surface area contributed by atoms with Crippen LogP contribution in [0.3, 0.4) is 0 Å². The standard InChI is InChI=1S/C20H12ClF2N5O4/c21-20-26-18-14(19(30)27(20)8-9-1-3-10(4-2-9)28(31)32)11(7-25-18)17(29)15-12(22)5-6-13(24)16(15)23/h1-7,25H,8,24H2. The second-order valence-corrected chi connectivity index (χ2v) is 7.11. The third-order valence-corrected chi connectivity index (χ3v) is 5.11. The summed E-state index contributed by atoms with van der Waals surface area (Å²) in [7, 11) is 0. The Morgan fingerprint density at radius 1 is 1.22 bits per heavy atom. The van der Waals surface area contributed by atoms with Crippen LogP contribution in [0.1, 0.15) is 21.5 Å². The van der Waals surface area contributed by atoms with Crippen LogP contribution in [0.5, 0.6) is 0 Å². The Hall–Kier alpha value is -4.12. The predicted molar refractivity (Wildman–Crippen MR) is 112 cm³/mol. The Kier molecular flexibility index (Phi) is 5.18. The first-order valence-corrected chi connectivity index (χ1v) is 9.35. The van der Waals surface area contributed by atoms with Gasteiger partial charge in [0.1, 0.15) is 11.5 Å². The molecule has 2 aromatic carbocycles. The van der Waals surface area contributed by atoms with Crippen LogP contribution in [0.25, 0.3) is 11.0 Å². The van der Waals surface area contributed by atoms with Crippen molar-refractivity contribution in [2.24, 2.45) is 0 Å². The number of aromatic amines is 1. The van der Waals surface area contributed by atoms with Crippen LogP contribution >= 0.6 is 11.6 Å². The predicted octanol–water partition coefficient (Wildman–Crippen LogP) is 3.43. The van der Waals surface area contributed by atoms with Crippen molar-refractivity contribution in [1.29, 1.82) is 0 Å². The van der Waals surface area contributed by atoms with E-state index in [1.807, 2.05) is 0 Å². The molecule has 162 valence electrons. The van der Waals surface area contributed by atoms with Crippen LogP contribution in [0.15, 0.2) is 47.4 Å². The molecule has 2 heterocycles. The van der Waals surface area contributed by atoms with Crippen LogP contribution in [0.2, 0.25) is 5.28 Å². The Morgan fingerprint density at radius 3 is 2.56 bits per heavy atom. The molecule has 12 heteroatoms. The van der Waals surface area contributed by atoms with Gasteiger partial charge in [-0.1, -0.05) is 12.1 Å². The molecule has 0 bridgehead atoms. The largest absolute Gasteiger partial charge is 0.396 e. The molecule has 0 radical (unpaired) electrons. The summed E-state index contributed by atoms with van der Waals surface area (Å²) >= 11 is 6.12. The summed E-state index contributed by atoms with van der Waals surface area (Å²) < 4.78 is 29.6. The van der Waals surface area contributed by atoms with E-state index in [0.717, 1.165) is 22.9 Å². The van der Waals surface area contributed by atoms with Gasteiger partial charge in [0.15, 0.2) is 5.82 Å². The number of nitrogens with one attached hydrogen (secondary N) is 1. The van der Waals surface area contributed by atoms with E-state index in [2.05, 4.69) is 9.97 Å². The second-order valence-electron chi connectivity index (χ2n) is 6.78. The topological polar surface area (TPSA) is 137 Å². The van der Waals surface area contributed by atoms with Gasteiger partial charge < -0.3 is 10.7 Å².